The Morgan fingerprint density at radius 1 is 1.59 bits per heavy atom. The molecule has 1 aliphatic rings. The van der Waals surface area contributed by atoms with Crippen molar-refractivity contribution in [2.75, 3.05) is 25.1 Å². The van der Waals surface area contributed by atoms with Crippen molar-refractivity contribution in [3.8, 4) is 0 Å². The van der Waals surface area contributed by atoms with E-state index >= 15 is 0 Å². The zero-order valence-electron chi connectivity index (χ0n) is 9.89. The van der Waals surface area contributed by atoms with Gasteiger partial charge in [-0.05, 0) is 18.1 Å². The molecular weight excluding hydrogens is 223 g/mol. The van der Waals surface area contributed by atoms with Crippen molar-refractivity contribution in [1.29, 1.82) is 0 Å². The number of rotatable bonds is 2. The Morgan fingerprint density at radius 2 is 2.35 bits per heavy atom. The van der Waals surface area contributed by atoms with Crippen LogP contribution in [0.4, 0.5) is 10.2 Å². The molecule has 2 rings (SSSR count). The lowest BCUT2D eigenvalue weighted by Crippen LogP contribution is -2.25. The molecule has 17 heavy (non-hydrogen) atoms. The van der Waals surface area contributed by atoms with Crippen molar-refractivity contribution in [2.24, 2.45) is 11.8 Å². The van der Waals surface area contributed by atoms with E-state index in [-0.39, 0.29) is 23.6 Å². The zero-order chi connectivity index (χ0) is 12.4. The molecule has 4 nitrogen and oxygen atoms in total. The largest absolute Gasteiger partial charge is 0.469 e. The van der Waals surface area contributed by atoms with Gasteiger partial charge in [0.15, 0.2) is 11.6 Å². The van der Waals surface area contributed by atoms with Crippen LogP contribution in [0.1, 0.15) is 6.92 Å². The third kappa shape index (κ3) is 2.23. The lowest BCUT2D eigenvalue weighted by Gasteiger charge is -2.17. The maximum atomic E-state index is 13.6. The van der Waals surface area contributed by atoms with E-state index in [2.05, 4.69) is 4.98 Å². The van der Waals surface area contributed by atoms with Crippen molar-refractivity contribution in [1.82, 2.24) is 4.98 Å². The molecule has 0 saturated carbocycles. The van der Waals surface area contributed by atoms with Crippen LogP contribution in [0.3, 0.4) is 0 Å². The summed E-state index contributed by atoms with van der Waals surface area (Å²) in [6.45, 7) is 3.04. The van der Waals surface area contributed by atoms with Crippen LogP contribution in [0.15, 0.2) is 18.3 Å². The van der Waals surface area contributed by atoms with E-state index in [9.17, 15) is 9.18 Å². The van der Waals surface area contributed by atoms with Crippen molar-refractivity contribution >= 4 is 11.8 Å². The Balaban J connectivity index is 2.17. The topological polar surface area (TPSA) is 42.4 Å². The fraction of sp³-hybridized carbons (Fsp3) is 0.500. The lowest BCUT2D eigenvalue weighted by atomic mass is 9.99. The maximum Gasteiger partial charge on any atom is 0.310 e. The van der Waals surface area contributed by atoms with Gasteiger partial charge in [0, 0.05) is 19.3 Å². The molecule has 0 spiro atoms. The van der Waals surface area contributed by atoms with Gasteiger partial charge < -0.3 is 9.64 Å². The molecule has 1 aliphatic heterocycles. The number of carbonyl (C=O) groups is 1. The van der Waals surface area contributed by atoms with Crippen LogP contribution < -0.4 is 4.90 Å². The quantitative estimate of drug-likeness (QED) is 0.732. The van der Waals surface area contributed by atoms with Gasteiger partial charge in [0.25, 0.3) is 0 Å². The second-order valence-electron chi connectivity index (χ2n) is 4.32. The third-order valence-electron chi connectivity index (χ3n) is 3.15. The molecule has 0 amide bonds. The fourth-order valence-electron chi connectivity index (χ4n) is 2.21. The highest BCUT2D eigenvalue weighted by atomic mass is 19.1. The summed E-state index contributed by atoms with van der Waals surface area (Å²) in [6, 6.07) is 2.93. The van der Waals surface area contributed by atoms with Crippen molar-refractivity contribution in [2.45, 2.75) is 6.92 Å². The first-order chi connectivity index (χ1) is 8.13. The van der Waals surface area contributed by atoms with E-state index in [1.165, 1.54) is 13.2 Å². The van der Waals surface area contributed by atoms with E-state index in [4.69, 9.17) is 4.74 Å². The summed E-state index contributed by atoms with van der Waals surface area (Å²) in [5.41, 5.74) is 0. The molecule has 0 aliphatic carbocycles. The fourth-order valence-corrected chi connectivity index (χ4v) is 2.21. The average Bonchev–Trinajstić information content (AvgIpc) is 2.71. The third-order valence-corrected chi connectivity index (χ3v) is 3.15. The van der Waals surface area contributed by atoms with Crippen molar-refractivity contribution in [3.05, 3.63) is 24.1 Å². The van der Waals surface area contributed by atoms with Crippen molar-refractivity contribution in [3.63, 3.8) is 0 Å². The predicted molar refractivity (Wildman–Crippen MR) is 61.1 cm³/mol. The van der Waals surface area contributed by atoms with Crippen LogP contribution in [0, 0.1) is 17.7 Å². The Labute approximate surface area is 99.4 Å². The van der Waals surface area contributed by atoms with Crippen LogP contribution >= 0.6 is 0 Å². The Kier molecular flexibility index (Phi) is 3.26. The maximum absolute atomic E-state index is 13.6. The van der Waals surface area contributed by atoms with E-state index in [0.29, 0.717) is 18.9 Å². The molecule has 0 N–H and O–H groups in total. The van der Waals surface area contributed by atoms with Crippen LogP contribution in [0.5, 0.6) is 0 Å². The molecule has 0 bridgehead atoms. The Bertz CT molecular complexity index is 425. The zero-order valence-corrected chi connectivity index (χ0v) is 9.89. The SMILES string of the molecule is COC(=O)C1CN(c2ncccc2F)CC1C. The smallest absolute Gasteiger partial charge is 0.310 e. The summed E-state index contributed by atoms with van der Waals surface area (Å²) in [5, 5.41) is 0. The van der Waals surface area contributed by atoms with E-state index in [1.807, 2.05) is 6.92 Å². The highest BCUT2D eigenvalue weighted by Crippen LogP contribution is 2.28. The van der Waals surface area contributed by atoms with Gasteiger partial charge in [0.05, 0.1) is 13.0 Å². The van der Waals surface area contributed by atoms with Crippen LogP contribution in [0.2, 0.25) is 0 Å². The predicted octanol–water partition coefficient (Wildman–Crippen LogP) is 1.47. The van der Waals surface area contributed by atoms with Gasteiger partial charge in [-0.1, -0.05) is 6.92 Å². The number of pyridine rings is 1. The summed E-state index contributed by atoms with van der Waals surface area (Å²) < 4.78 is 18.3. The van der Waals surface area contributed by atoms with E-state index < -0.39 is 0 Å². The monoisotopic (exact) mass is 238 g/mol. The van der Waals surface area contributed by atoms with E-state index in [0.717, 1.165) is 0 Å². The Hall–Kier alpha value is -1.65. The molecule has 2 heterocycles. The number of carbonyl (C=O) groups excluding carboxylic acids is 1. The number of hydrogen-bond acceptors (Lipinski definition) is 4. The van der Waals surface area contributed by atoms with Gasteiger partial charge in [-0.3, -0.25) is 4.79 Å². The van der Waals surface area contributed by atoms with Crippen LogP contribution in [-0.4, -0.2) is 31.2 Å². The first-order valence-electron chi connectivity index (χ1n) is 5.56. The van der Waals surface area contributed by atoms with Gasteiger partial charge in [0.1, 0.15) is 0 Å². The van der Waals surface area contributed by atoms with Crippen molar-refractivity contribution < 1.29 is 13.9 Å². The number of nitrogens with zero attached hydrogens (tertiary/aromatic N) is 2. The summed E-state index contributed by atoms with van der Waals surface area (Å²) in [5.74, 6) is -0.349. The lowest BCUT2D eigenvalue weighted by molar-refractivity contribution is -0.145. The number of esters is 1. The minimum atomic E-state index is -0.356. The summed E-state index contributed by atoms with van der Waals surface area (Å²) in [7, 11) is 1.37. The first-order valence-corrected chi connectivity index (χ1v) is 5.56. The standard InChI is InChI=1S/C12H15FN2O2/c1-8-6-15(7-9(8)12(16)17-2)11-10(13)4-3-5-14-11/h3-5,8-9H,6-7H2,1-2H3. The molecule has 92 valence electrons. The molecule has 0 aromatic carbocycles. The number of hydrogen-bond donors (Lipinski definition) is 0. The molecule has 0 radical (unpaired) electrons. The molecule has 5 heteroatoms. The van der Waals surface area contributed by atoms with E-state index in [1.54, 1.807) is 17.2 Å². The van der Waals surface area contributed by atoms with Gasteiger partial charge in [-0.25, -0.2) is 9.37 Å². The van der Waals surface area contributed by atoms with Gasteiger partial charge in [-0.2, -0.15) is 0 Å². The van der Waals surface area contributed by atoms with Gasteiger partial charge >= 0.3 is 5.97 Å². The molecule has 1 aromatic rings. The summed E-state index contributed by atoms with van der Waals surface area (Å²) >= 11 is 0. The average molecular weight is 238 g/mol. The Morgan fingerprint density at radius 3 is 3.00 bits per heavy atom. The minimum Gasteiger partial charge on any atom is -0.469 e. The molecule has 2 unspecified atom stereocenters. The number of aromatic nitrogens is 1. The molecular formula is C12H15FN2O2. The molecule has 1 saturated heterocycles. The summed E-state index contributed by atoms with van der Waals surface area (Å²) in [4.78, 5) is 17.3. The molecule has 1 aromatic heterocycles. The normalized spacial score (nSPS) is 23.8. The summed E-state index contributed by atoms with van der Waals surface area (Å²) in [6.07, 6.45) is 1.55. The number of methoxy groups -OCH3 is 1. The molecule has 2 atom stereocenters. The van der Waals surface area contributed by atoms with Gasteiger partial charge in [0.2, 0.25) is 0 Å². The highest BCUT2D eigenvalue weighted by Gasteiger charge is 2.36. The minimum absolute atomic E-state index is 0.142. The van der Waals surface area contributed by atoms with Crippen LogP contribution in [0.25, 0.3) is 0 Å². The first kappa shape index (κ1) is 11.8. The second-order valence-corrected chi connectivity index (χ2v) is 4.32. The number of anilines is 1. The number of ether oxygens (including phenoxy) is 1. The highest BCUT2D eigenvalue weighted by molar-refractivity contribution is 5.74. The van der Waals surface area contributed by atoms with Crippen LogP contribution in [-0.2, 0) is 9.53 Å². The molecule has 1 fully saturated rings. The second kappa shape index (κ2) is 4.69. The number of halogens is 1. The van der Waals surface area contributed by atoms with Gasteiger partial charge in [-0.15, -0.1) is 0 Å².